The highest BCUT2D eigenvalue weighted by Crippen LogP contribution is 2.17. The molecule has 0 spiro atoms. The molecule has 0 aromatic carbocycles. The summed E-state index contributed by atoms with van der Waals surface area (Å²) >= 11 is 5.58. The van der Waals surface area contributed by atoms with E-state index >= 15 is 0 Å². The summed E-state index contributed by atoms with van der Waals surface area (Å²) in [5.74, 6) is -1.52. The number of carbonyl (C=O) groups is 1. The van der Waals surface area contributed by atoms with Crippen LogP contribution in [0.15, 0.2) is 12.4 Å². The highest BCUT2D eigenvalue weighted by molar-refractivity contribution is 6.29. The van der Waals surface area contributed by atoms with Crippen molar-refractivity contribution in [2.45, 2.75) is 19.3 Å². The quantitative estimate of drug-likeness (QED) is 0.807. The van der Waals surface area contributed by atoms with E-state index < -0.39 is 11.9 Å². The summed E-state index contributed by atoms with van der Waals surface area (Å²) in [5, 5.41) is 9.03. The Hall–Kier alpha value is -1.16. The first-order chi connectivity index (χ1) is 6.15. The smallest absolute Gasteiger partial charge is 0.312 e. The van der Waals surface area contributed by atoms with Crippen molar-refractivity contribution in [3.05, 3.63) is 23.2 Å². The third kappa shape index (κ3) is 2.39. The van der Waals surface area contributed by atoms with Gasteiger partial charge in [-0.25, -0.2) is 4.98 Å². The largest absolute Gasteiger partial charge is 0.481 e. The number of halogens is 1. The SMILES string of the molecule is CCC(C(=O)O)c1cncc(Cl)n1. The summed E-state index contributed by atoms with van der Waals surface area (Å²) in [6, 6.07) is 0. The van der Waals surface area contributed by atoms with Crippen LogP contribution in [0.4, 0.5) is 0 Å². The minimum atomic E-state index is -0.904. The van der Waals surface area contributed by atoms with Gasteiger partial charge in [0.25, 0.3) is 0 Å². The van der Waals surface area contributed by atoms with Gasteiger partial charge >= 0.3 is 5.97 Å². The van der Waals surface area contributed by atoms with Crippen LogP contribution in [-0.2, 0) is 4.79 Å². The Balaban J connectivity index is 2.98. The van der Waals surface area contributed by atoms with E-state index in [2.05, 4.69) is 9.97 Å². The molecule has 4 nitrogen and oxygen atoms in total. The summed E-state index contributed by atoms with van der Waals surface area (Å²) in [6.45, 7) is 1.78. The Bertz CT molecular complexity index is 317. The number of carboxylic acid groups (broad SMARTS) is 1. The van der Waals surface area contributed by atoms with E-state index in [9.17, 15) is 4.79 Å². The Morgan fingerprint density at radius 2 is 2.38 bits per heavy atom. The lowest BCUT2D eigenvalue weighted by atomic mass is 10.0. The second-order valence-electron chi connectivity index (χ2n) is 2.57. The molecule has 1 unspecified atom stereocenters. The maximum atomic E-state index is 10.7. The minimum absolute atomic E-state index is 0.220. The van der Waals surface area contributed by atoms with E-state index in [4.69, 9.17) is 16.7 Å². The van der Waals surface area contributed by atoms with E-state index in [1.54, 1.807) is 6.92 Å². The Kier molecular flexibility index (Phi) is 3.19. The van der Waals surface area contributed by atoms with Crippen molar-refractivity contribution < 1.29 is 9.90 Å². The van der Waals surface area contributed by atoms with Crippen molar-refractivity contribution in [1.82, 2.24) is 9.97 Å². The first-order valence-electron chi connectivity index (χ1n) is 3.85. The highest BCUT2D eigenvalue weighted by Gasteiger charge is 2.19. The van der Waals surface area contributed by atoms with E-state index in [0.717, 1.165) is 0 Å². The van der Waals surface area contributed by atoms with Gasteiger partial charge in [-0.1, -0.05) is 18.5 Å². The number of aliphatic carboxylic acids is 1. The van der Waals surface area contributed by atoms with Crippen LogP contribution in [0.1, 0.15) is 25.0 Å². The molecule has 13 heavy (non-hydrogen) atoms. The van der Waals surface area contributed by atoms with E-state index in [-0.39, 0.29) is 5.15 Å². The summed E-state index contributed by atoms with van der Waals surface area (Å²) in [4.78, 5) is 18.4. The fourth-order valence-electron chi connectivity index (χ4n) is 1.03. The lowest BCUT2D eigenvalue weighted by molar-refractivity contribution is -0.138. The molecule has 1 heterocycles. The standard InChI is InChI=1S/C8H9ClN2O2/c1-2-5(8(12)13)6-3-10-4-7(9)11-6/h3-5H,2H2,1H3,(H,12,13). The van der Waals surface area contributed by atoms with Crippen LogP contribution in [-0.4, -0.2) is 21.0 Å². The Morgan fingerprint density at radius 1 is 1.69 bits per heavy atom. The molecule has 0 aliphatic carbocycles. The molecule has 0 aliphatic heterocycles. The van der Waals surface area contributed by atoms with Gasteiger partial charge in [-0.15, -0.1) is 0 Å². The first kappa shape index (κ1) is 9.92. The Labute approximate surface area is 80.6 Å². The average Bonchev–Trinajstić information content (AvgIpc) is 2.04. The summed E-state index contributed by atoms with van der Waals surface area (Å²) in [7, 11) is 0. The predicted octanol–water partition coefficient (Wildman–Crippen LogP) is 1.71. The van der Waals surface area contributed by atoms with Crippen LogP contribution in [0.5, 0.6) is 0 Å². The summed E-state index contributed by atoms with van der Waals surface area (Å²) in [5.41, 5.74) is 0.405. The molecule has 1 aromatic rings. The molecule has 0 radical (unpaired) electrons. The second kappa shape index (κ2) is 4.18. The van der Waals surface area contributed by atoms with Gasteiger partial charge < -0.3 is 5.11 Å². The highest BCUT2D eigenvalue weighted by atomic mass is 35.5. The van der Waals surface area contributed by atoms with Gasteiger partial charge in [0.15, 0.2) is 0 Å². The van der Waals surface area contributed by atoms with Crippen LogP contribution in [0.25, 0.3) is 0 Å². The van der Waals surface area contributed by atoms with Crippen molar-refractivity contribution >= 4 is 17.6 Å². The zero-order valence-electron chi connectivity index (χ0n) is 7.07. The van der Waals surface area contributed by atoms with Crippen molar-refractivity contribution in [2.24, 2.45) is 0 Å². The number of nitrogens with zero attached hydrogens (tertiary/aromatic N) is 2. The van der Waals surface area contributed by atoms with Crippen LogP contribution in [0, 0.1) is 0 Å². The van der Waals surface area contributed by atoms with Gasteiger partial charge in [0, 0.05) is 6.20 Å². The minimum Gasteiger partial charge on any atom is -0.481 e. The van der Waals surface area contributed by atoms with Gasteiger partial charge in [0.05, 0.1) is 11.9 Å². The molecule has 0 fully saturated rings. The molecule has 5 heteroatoms. The molecule has 0 saturated carbocycles. The van der Waals surface area contributed by atoms with Gasteiger partial charge in [-0.2, -0.15) is 0 Å². The fraction of sp³-hybridized carbons (Fsp3) is 0.375. The summed E-state index contributed by atoms with van der Waals surface area (Å²) in [6.07, 6.45) is 3.28. The van der Waals surface area contributed by atoms with Gasteiger partial charge in [0.2, 0.25) is 0 Å². The van der Waals surface area contributed by atoms with Gasteiger partial charge in [0.1, 0.15) is 11.1 Å². The second-order valence-corrected chi connectivity index (χ2v) is 2.95. The number of aromatic nitrogens is 2. The molecule has 70 valence electrons. The number of carboxylic acids is 1. The lowest BCUT2D eigenvalue weighted by Gasteiger charge is -2.07. The summed E-state index contributed by atoms with van der Waals surface area (Å²) < 4.78 is 0. The van der Waals surface area contributed by atoms with Crippen LogP contribution >= 0.6 is 11.6 Å². The third-order valence-corrected chi connectivity index (χ3v) is 1.87. The lowest BCUT2D eigenvalue weighted by Crippen LogP contribution is -2.12. The fourth-order valence-corrected chi connectivity index (χ4v) is 1.19. The van der Waals surface area contributed by atoms with Crippen molar-refractivity contribution in [1.29, 1.82) is 0 Å². The van der Waals surface area contributed by atoms with E-state index in [0.29, 0.717) is 12.1 Å². The van der Waals surface area contributed by atoms with Crippen LogP contribution in [0.2, 0.25) is 5.15 Å². The third-order valence-electron chi connectivity index (χ3n) is 1.69. The molecular formula is C8H9ClN2O2. The molecule has 1 N–H and O–H groups in total. The van der Waals surface area contributed by atoms with Crippen LogP contribution in [0.3, 0.4) is 0 Å². The normalized spacial score (nSPS) is 12.5. The maximum Gasteiger partial charge on any atom is 0.312 e. The number of hydrogen-bond acceptors (Lipinski definition) is 3. The topological polar surface area (TPSA) is 63.1 Å². The maximum absolute atomic E-state index is 10.7. The van der Waals surface area contributed by atoms with Crippen molar-refractivity contribution in [3.63, 3.8) is 0 Å². The molecule has 1 rings (SSSR count). The Morgan fingerprint density at radius 3 is 2.85 bits per heavy atom. The molecule has 0 saturated heterocycles. The molecule has 0 aliphatic rings. The molecular weight excluding hydrogens is 192 g/mol. The molecule has 1 aromatic heterocycles. The van der Waals surface area contributed by atoms with E-state index in [1.165, 1.54) is 12.4 Å². The zero-order valence-corrected chi connectivity index (χ0v) is 7.82. The van der Waals surface area contributed by atoms with Crippen molar-refractivity contribution in [3.8, 4) is 0 Å². The van der Waals surface area contributed by atoms with Crippen LogP contribution < -0.4 is 0 Å². The predicted molar refractivity (Wildman–Crippen MR) is 47.7 cm³/mol. The van der Waals surface area contributed by atoms with E-state index in [1.807, 2.05) is 0 Å². The molecule has 0 bridgehead atoms. The van der Waals surface area contributed by atoms with Gasteiger partial charge in [-0.3, -0.25) is 9.78 Å². The van der Waals surface area contributed by atoms with Gasteiger partial charge in [-0.05, 0) is 6.42 Å². The molecule has 1 atom stereocenters. The number of hydrogen-bond donors (Lipinski definition) is 1. The monoisotopic (exact) mass is 200 g/mol. The first-order valence-corrected chi connectivity index (χ1v) is 4.23. The average molecular weight is 201 g/mol. The molecule has 0 amide bonds. The number of rotatable bonds is 3. The zero-order chi connectivity index (χ0) is 9.84. The van der Waals surface area contributed by atoms with Crippen molar-refractivity contribution in [2.75, 3.05) is 0 Å².